The molecule has 29 heavy (non-hydrogen) atoms. The molecular formula is C20H13Br2FN4OS. The number of nitrogens with zero attached hydrogens (tertiary/aromatic N) is 3. The fourth-order valence-electron chi connectivity index (χ4n) is 3.68. The third kappa shape index (κ3) is 3.21. The summed E-state index contributed by atoms with van der Waals surface area (Å²) in [6, 6.07) is 10.8. The van der Waals surface area contributed by atoms with E-state index in [-0.39, 0.29) is 24.1 Å². The molecule has 2 aromatic heterocycles. The van der Waals surface area contributed by atoms with Crippen LogP contribution in [0.2, 0.25) is 0 Å². The van der Waals surface area contributed by atoms with E-state index in [0.717, 1.165) is 31.5 Å². The Kier molecular flexibility index (Phi) is 4.56. The van der Waals surface area contributed by atoms with Crippen molar-refractivity contribution in [1.29, 1.82) is 0 Å². The molecule has 1 aliphatic heterocycles. The summed E-state index contributed by atoms with van der Waals surface area (Å²) in [5, 5.41) is 8.33. The molecule has 0 saturated heterocycles. The van der Waals surface area contributed by atoms with Gasteiger partial charge in [-0.2, -0.15) is 9.78 Å². The normalized spacial score (nSPS) is 16.1. The first kappa shape index (κ1) is 18.9. The number of aryl methyl sites for hydroxylation is 1. The van der Waals surface area contributed by atoms with Crippen molar-refractivity contribution in [3.63, 3.8) is 0 Å². The highest BCUT2D eigenvalue weighted by Gasteiger charge is 2.33. The first-order valence-electron chi connectivity index (χ1n) is 8.81. The van der Waals surface area contributed by atoms with Crippen molar-refractivity contribution >= 4 is 65.1 Å². The van der Waals surface area contributed by atoms with Gasteiger partial charge < -0.3 is 5.32 Å². The topological polar surface area (TPSA) is 59.8 Å². The number of anilines is 1. The summed E-state index contributed by atoms with van der Waals surface area (Å²) in [5.74, 6) is -0.00881. The van der Waals surface area contributed by atoms with Gasteiger partial charge in [0.2, 0.25) is 11.0 Å². The number of thiazole rings is 1. The van der Waals surface area contributed by atoms with Crippen LogP contribution in [0.5, 0.6) is 0 Å². The van der Waals surface area contributed by atoms with E-state index >= 15 is 0 Å². The molecule has 5 rings (SSSR count). The number of carbonyl (C=O) groups is 1. The van der Waals surface area contributed by atoms with Gasteiger partial charge in [0.1, 0.15) is 11.6 Å². The monoisotopic (exact) mass is 534 g/mol. The van der Waals surface area contributed by atoms with Crippen molar-refractivity contribution < 1.29 is 9.18 Å². The van der Waals surface area contributed by atoms with Crippen LogP contribution >= 0.6 is 43.2 Å². The minimum absolute atomic E-state index is 0.104. The van der Waals surface area contributed by atoms with Crippen molar-refractivity contribution in [2.75, 3.05) is 5.32 Å². The quantitative estimate of drug-likeness (QED) is 0.346. The number of carbonyl (C=O) groups excluding carboxylic acids is 1. The Morgan fingerprint density at radius 2 is 2.07 bits per heavy atom. The van der Waals surface area contributed by atoms with Crippen molar-refractivity contribution in [2.24, 2.45) is 0 Å². The van der Waals surface area contributed by atoms with Crippen LogP contribution in [0.25, 0.3) is 15.3 Å². The summed E-state index contributed by atoms with van der Waals surface area (Å²) in [4.78, 5) is 17.2. The first-order valence-corrected chi connectivity index (χ1v) is 11.2. The van der Waals surface area contributed by atoms with Crippen LogP contribution in [0, 0.1) is 12.7 Å². The van der Waals surface area contributed by atoms with E-state index in [0.29, 0.717) is 15.4 Å². The van der Waals surface area contributed by atoms with E-state index in [1.54, 1.807) is 16.8 Å². The van der Waals surface area contributed by atoms with Gasteiger partial charge in [0.25, 0.3) is 0 Å². The maximum atomic E-state index is 13.7. The van der Waals surface area contributed by atoms with Gasteiger partial charge in [0.15, 0.2) is 0 Å². The summed E-state index contributed by atoms with van der Waals surface area (Å²) in [5.41, 5.74) is 3.48. The fraction of sp³-hybridized carbons (Fsp3) is 0.150. The molecule has 1 unspecified atom stereocenters. The standard InChI is InChI=1S/C20H13Br2FN4OS/c1-9-18-12(10-2-4-14(23)13(22)6-10)8-17(28)25-19(18)27(26-9)20-24-15-5-3-11(21)7-16(15)29-20/h2-7,12H,8H2,1H3,(H,25,28). The average Bonchev–Trinajstić information content (AvgIpc) is 3.24. The Morgan fingerprint density at radius 3 is 2.86 bits per heavy atom. The largest absolute Gasteiger partial charge is 0.310 e. The smallest absolute Gasteiger partial charge is 0.226 e. The second kappa shape index (κ2) is 7.00. The number of nitrogens with one attached hydrogen (secondary N) is 1. The first-order chi connectivity index (χ1) is 13.9. The predicted molar refractivity (Wildman–Crippen MR) is 118 cm³/mol. The van der Waals surface area contributed by atoms with E-state index in [2.05, 4.69) is 47.3 Å². The molecule has 4 aromatic rings. The summed E-state index contributed by atoms with van der Waals surface area (Å²) in [6.07, 6.45) is 0.282. The molecule has 3 heterocycles. The van der Waals surface area contributed by atoms with E-state index in [9.17, 15) is 9.18 Å². The van der Waals surface area contributed by atoms with E-state index in [1.165, 1.54) is 17.4 Å². The molecule has 0 saturated carbocycles. The van der Waals surface area contributed by atoms with Gasteiger partial charge in [-0.25, -0.2) is 9.37 Å². The van der Waals surface area contributed by atoms with Crippen LogP contribution < -0.4 is 5.32 Å². The highest BCUT2D eigenvalue weighted by molar-refractivity contribution is 9.10. The Bertz CT molecular complexity index is 1300. The summed E-state index contributed by atoms with van der Waals surface area (Å²) in [6.45, 7) is 1.92. The lowest BCUT2D eigenvalue weighted by molar-refractivity contribution is -0.116. The van der Waals surface area contributed by atoms with Gasteiger partial charge in [0, 0.05) is 22.4 Å². The number of hydrogen-bond donors (Lipinski definition) is 1. The Morgan fingerprint density at radius 1 is 1.24 bits per heavy atom. The molecule has 2 aromatic carbocycles. The average molecular weight is 536 g/mol. The molecular weight excluding hydrogens is 523 g/mol. The van der Waals surface area contributed by atoms with Crippen LogP contribution in [0.15, 0.2) is 45.3 Å². The molecule has 1 aliphatic rings. The number of rotatable bonds is 2. The van der Waals surface area contributed by atoms with Gasteiger partial charge in [-0.15, -0.1) is 0 Å². The molecule has 0 spiro atoms. The molecule has 0 aliphatic carbocycles. The maximum Gasteiger partial charge on any atom is 0.226 e. The van der Waals surface area contributed by atoms with Gasteiger partial charge in [-0.1, -0.05) is 33.3 Å². The molecule has 1 amide bonds. The van der Waals surface area contributed by atoms with Gasteiger partial charge >= 0.3 is 0 Å². The van der Waals surface area contributed by atoms with Crippen molar-refractivity contribution in [2.45, 2.75) is 19.3 Å². The zero-order valence-electron chi connectivity index (χ0n) is 15.0. The van der Waals surface area contributed by atoms with Gasteiger partial charge in [-0.3, -0.25) is 4.79 Å². The third-order valence-electron chi connectivity index (χ3n) is 4.97. The minimum Gasteiger partial charge on any atom is -0.310 e. The van der Waals surface area contributed by atoms with Crippen molar-refractivity contribution in [3.05, 3.63) is 68.0 Å². The van der Waals surface area contributed by atoms with E-state index in [1.807, 2.05) is 25.1 Å². The fourth-order valence-corrected chi connectivity index (χ4v) is 5.55. The minimum atomic E-state index is -0.331. The lowest BCUT2D eigenvalue weighted by Crippen LogP contribution is -2.25. The third-order valence-corrected chi connectivity index (χ3v) is 7.06. The summed E-state index contributed by atoms with van der Waals surface area (Å²) < 4.78 is 17.8. The lowest BCUT2D eigenvalue weighted by atomic mass is 9.86. The number of aromatic nitrogens is 3. The second-order valence-corrected chi connectivity index (χ2v) is 9.63. The Hall–Kier alpha value is -2.10. The van der Waals surface area contributed by atoms with Gasteiger partial charge in [0.05, 0.1) is 20.4 Å². The SMILES string of the molecule is Cc1nn(-c2nc3ccc(Br)cc3s2)c2c1C(c1ccc(F)c(Br)c1)CC(=O)N2. The van der Waals surface area contributed by atoms with Gasteiger partial charge in [-0.05, 0) is 58.7 Å². The summed E-state index contributed by atoms with van der Waals surface area (Å²) in [7, 11) is 0. The zero-order valence-corrected chi connectivity index (χ0v) is 19.0. The molecule has 9 heteroatoms. The molecule has 0 bridgehead atoms. The van der Waals surface area contributed by atoms with Crippen molar-refractivity contribution in [1.82, 2.24) is 14.8 Å². The molecule has 146 valence electrons. The van der Waals surface area contributed by atoms with Crippen LogP contribution in [0.4, 0.5) is 10.2 Å². The van der Waals surface area contributed by atoms with Crippen LogP contribution in [-0.4, -0.2) is 20.7 Å². The number of fused-ring (bicyclic) bond motifs is 2. The molecule has 0 radical (unpaired) electrons. The van der Waals surface area contributed by atoms with Crippen LogP contribution in [-0.2, 0) is 4.79 Å². The maximum absolute atomic E-state index is 13.7. The number of halogens is 3. The highest BCUT2D eigenvalue weighted by Crippen LogP contribution is 2.41. The van der Waals surface area contributed by atoms with E-state index < -0.39 is 0 Å². The molecule has 5 nitrogen and oxygen atoms in total. The number of benzene rings is 2. The molecule has 0 fully saturated rings. The second-order valence-electron chi connectivity index (χ2n) is 6.85. The zero-order chi connectivity index (χ0) is 20.3. The molecule has 1 atom stereocenters. The van der Waals surface area contributed by atoms with Crippen LogP contribution in [0.3, 0.4) is 0 Å². The molecule has 1 N–H and O–H groups in total. The predicted octanol–water partition coefficient (Wildman–Crippen LogP) is 5.93. The lowest BCUT2D eigenvalue weighted by Gasteiger charge is -2.24. The van der Waals surface area contributed by atoms with Crippen molar-refractivity contribution in [3.8, 4) is 5.13 Å². The number of hydrogen-bond acceptors (Lipinski definition) is 4. The highest BCUT2D eigenvalue weighted by atomic mass is 79.9. The summed E-state index contributed by atoms with van der Waals surface area (Å²) >= 11 is 8.23. The Balaban J connectivity index is 1.67. The number of amides is 1. The van der Waals surface area contributed by atoms with E-state index in [4.69, 9.17) is 0 Å². The van der Waals surface area contributed by atoms with Crippen LogP contribution in [0.1, 0.15) is 29.2 Å². The Labute approximate surface area is 186 Å².